The molecule has 0 spiro atoms. The number of ketones is 1. The van der Waals surface area contributed by atoms with Crippen LogP contribution in [-0.2, 0) is 44.8 Å². The first-order valence-corrected chi connectivity index (χ1v) is 11.6. The van der Waals surface area contributed by atoms with E-state index in [9.17, 15) is 28.8 Å². The summed E-state index contributed by atoms with van der Waals surface area (Å²) >= 11 is 0. The van der Waals surface area contributed by atoms with E-state index in [0.717, 1.165) is 12.7 Å². The molecule has 37 heavy (non-hydrogen) atoms. The van der Waals surface area contributed by atoms with Crippen molar-refractivity contribution in [3.05, 3.63) is 35.9 Å². The fraction of sp³-hybridized carbons (Fsp3) is 0.520. The summed E-state index contributed by atoms with van der Waals surface area (Å²) in [4.78, 5) is 73.6. The van der Waals surface area contributed by atoms with Gasteiger partial charge in [0.1, 0.15) is 30.8 Å². The Balaban J connectivity index is 2.90. The molecule has 0 aromatic heterocycles. The van der Waals surface area contributed by atoms with E-state index in [-0.39, 0.29) is 6.61 Å². The lowest BCUT2D eigenvalue weighted by Crippen LogP contribution is -2.55. The van der Waals surface area contributed by atoms with Crippen molar-refractivity contribution in [2.24, 2.45) is 5.92 Å². The molecule has 0 aliphatic heterocycles. The van der Waals surface area contributed by atoms with Gasteiger partial charge in [0, 0.05) is 6.42 Å². The third kappa shape index (κ3) is 12.0. The molecule has 3 N–H and O–H groups in total. The molecule has 12 nitrogen and oxygen atoms in total. The number of hydrogen-bond donors (Lipinski definition) is 3. The van der Waals surface area contributed by atoms with Crippen molar-refractivity contribution in [3.8, 4) is 0 Å². The zero-order valence-electron chi connectivity index (χ0n) is 21.9. The molecule has 1 aromatic rings. The number of esters is 2. The first kappa shape index (κ1) is 31.1. The summed E-state index contributed by atoms with van der Waals surface area (Å²) in [5, 5.41) is 6.98. The summed E-state index contributed by atoms with van der Waals surface area (Å²) in [5.41, 5.74) is -0.0485. The zero-order valence-corrected chi connectivity index (χ0v) is 21.9. The largest absolute Gasteiger partial charge is 0.463 e. The highest BCUT2D eigenvalue weighted by Gasteiger charge is 2.32. The van der Waals surface area contributed by atoms with Crippen molar-refractivity contribution in [3.63, 3.8) is 0 Å². The minimum atomic E-state index is -1.54. The molecule has 1 rings (SSSR count). The standard InChI is InChI=1S/C25H35N3O9/c1-15(2)20(23(33)36-14-16-10-8-7-9-11-16)28-21(31)17(12-18(29)22(32)35-6)27-19(30)13-26-24(34)37-25(3,4)5/h7-11,15,17,20H,12-14H2,1-6H3,(H,26,34)(H,27,30)(H,28,31)/t17-,20-/m0/s1. The molecule has 0 aliphatic rings. The monoisotopic (exact) mass is 521 g/mol. The van der Waals surface area contributed by atoms with Gasteiger partial charge in [0.15, 0.2) is 0 Å². The van der Waals surface area contributed by atoms with Crippen LogP contribution in [-0.4, -0.2) is 67.0 Å². The molecule has 0 bridgehead atoms. The van der Waals surface area contributed by atoms with Gasteiger partial charge < -0.3 is 30.2 Å². The van der Waals surface area contributed by atoms with E-state index in [0.29, 0.717) is 0 Å². The molecule has 0 saturated heterocycles. The van der Waals surface area contributed by atoms with Gasteiger partial charge in [-0.1, -0.05) is 44.2 Å². The van der Waals surface area contributed by atoms with E-state index < -0.39 is 72.2 Å². The van der Waals surface area contributed by atoms with Crippen LogP contribution >= 0.6 is 0 Å². The average Bonchev–Trinajstić information content (AvgIpc) is 2.82. The second-order valence-corrected chi connectivity index (χ2v) is 9.42. The number of ether oxygens (including phenoxy) is 3. The van der Waals surface area contributed by atoms with E-state index in [4.69, 9.17) is 9.47 Å². The normalized spacial score (nSPS) is 12.5. The van der Waals surface area contributed by atoms with Crippen molar-refractivity contribution in [1.29, 1.82) is 0 Å². The lowest BCUT2D eigenvalue weighted by atomic mass is 10.0. The van der Waals surface area contributed by atoms with E-state index in [2.05, 4.69) is 20.7 Å². The second kappa shape index (κ2) is 14.6. The van der Waals surface area contributed by atoms with Crippen LogP contribution in [0.25, 0.3) is 0 Å². The fourth-order valence-corrected chi connectivity index (χ4v) is 2.87. The third-order valence-electron chi connectivity index (χ3n) is 4.69. The predicted molar refractivity (Wildman–Crippen MR) is 131 cm³/mol. The zero-order chi connectivity index (χ0) is 28.2. The summed E-state index contributed by atoms with van der Waals surface area (Å²) in [6.45, 7) is 7.68. The molecule has 12 heteroatoms. The topological polar surface area (TPSA) is 166 Å². The number of alkyl carbamates (subject to hydrolysis) is 1. The number of rotatable bonds is 12. The van der Waals surface area contributed by atoms with Gasteiger partial charge in [0.25, 0.3) is 0 Å². The maximum Gasteiger partial charge on any atom is 0.408 e. The molecule has 0 heterocycles. The minimum absolute atomic E-state index is 0.0178. The van der Waals surface area contributed by atoms with Gasteiger partial charge in [-0.2, -0.15) is 0 Å². The molecule has 0 radical (unpaired) electrons. The summed E-state index contributed by atoms with van der Waals surface area (Å²) in [7, 11) is 0.996. The van der Waals surface area contributed by atoms with Gasteiger partial charge in [0.2, 0.25) is 17.6 Å². The second-order valence-electron chi connectivity index (χ2n) is 9.42. The third-order valence-corrected chi connectivity index (χ3v) is 4.69. The SMILES string of the molecule is COC(=O)C(=O)C[C@H](NC(=O)CNC(=O)OC(C)(C)C)C(=O)N[C@H](C(=O)OCc1ccccc1)C(C)C. The molecule has 3 amide bonds. The first-order valence-electron chi connectivity index (χ1n) is 11.6. The van der Waals surface area contributed by atoms with Crippen molar-refractivity contribution in [1.82, 2.24) is 16.0 Å². The van der Waals surface area contributed by atoms with E-state index in [1.165, 1.54) is 0 Å². The Kier molecular flexibility index (Phi) is 12.2. The highest BCUT2D eigenvalue weighted by atomic mass is 16.6. The number of benzene rings is 1. The number of carbonyl (C=O) groups is 6. The molecular weight excluding hydrogens is 486 g/mol. The number of amides is 3. The molecule has 1 aromatic carbocycles. The van der Waals surface area contributed by atoms with Crippen LogP contribution in [0.5, 0.6) is 0 Å². The van der Waals surface area contributed by atoms with Crippen LogP contribution in [0, 0.1) is 5.92 Å². The van der Waals surface area contributed by atoms with Crippen LogP contribution in [0.15, 0.2) is 30.3 Å². The smallest absolute Gasteiger partial charge is 0.408 e. The number of hydrogen-bond acceptors (Lipinski definition) is 9. The minimum Gasteiger partial charge on any atom is -0.463 e. The van der Waals surface area contributed by atoms with Crippen LogP contribution in [0.2, 0.25) is 0 Å². The van der Waals surface area contributed by atoms with Gasteiger partial charge >= 0.3 is 18.0 Å². The van der Waals surface area contributed by atoms with E-state index in [1.54, 1.807) is 58.9 Å². The fourth-order valence-electron chi connectivity index (χ4n) is 2.87. The summed E-state index contributed by atoms with van der Waals surface area (Å²) in [5.74, 6) is -5.15. The quantitative estimate of drug-likeness (QED) is 0.207. The van der Waals surface area contributed by atoms with Crippen molar-refractivity contribution >= 4 is 35.6 Å². The Labute approximate surface area is 215 Å². The van der Waals surface area contributed by atoms with Gasteiger partial charge in [0.05, 0.1) is 7.11 Å². The number of carbonyl (C=O) groups excluding carboxylic acids is 6. The van der Waals surface area contributed by atoms with Crippen molar-refractivity contribution in [2.75, 3.05) is 13.7 Å². The Hall–Kier alpha value is -3.96. The molecular formula is C25H35N3O9. The maximum absolute atomic E-state index is 13.0. The van der Waals surface area contributed by atoms with E-state index in [1.807, 2.05) is 6.07 Å². The molecule has 0 unspecified atom stereocenters. The Morgan fingerprint density at radius 3 is 2.11 bits per heavy atom. The predicted octanol–water partition coefficient (Wildman–Crippen LogP) is 1.01. The number of Topliss-reactive ketones (excluding diaryl/α,β-unsaturated/α-hetero) is 1. The highest BCUT2D eigenvalue weighted by molar-refractivity contribution is 6.34. The first-order chi connectivity index (χ1) is 17.2. The van der Waals surface area contributed by atoms with Crippen molar-refractivity contribution in [2.45, 2.75) is 65.3 Å². The molecule has 0 aliphatic carbocycles. The molecule has 0 saturated carbocycles. The van der Waals surface area contributed by atoms with Gasteiger partial charge in [-0.15, -0.1) is 0 Å². The molecule has 2 atom stereocenters. The molecule has 0 fully saturated rings. The van der Waals surface area contributed by atoms with E-state index >= 15 is 0 Å². The number of methoxy groups -OCH3 is 1. The Bertz CT molecular complexity index is 971. The average molecular weight is 522 g/mol. The maximum atomic E-state index is 13.0. The van der Waals surface area contributed by atoms with Crippen LogP contribution in [0.1, 0.15) is 46.6 Å². The lowest BCUT2D eigenvalue weighted by Gasteiger charge is -2.24. The molecule has 204 valence electrons. The van der Waals surface area contributed by atoms with Crippen LogP contribution in [0.4, 0.5) is 4.79 Å². The van der Waals surface area contributed by atoms with Crippen molar-refractivity contribution < 1.29 is 43.0 Å². The van der Waals surface area contributed by atoms with Crippen LogP contribution < -0.4 is 16.0 Å². The number of nitrogens with one attached hydrogen (secondary N) is 3. The highest BCUT2D eigenvalue weighted by Crippen LogP contribution is 2.09. The summed E-state index contributed by atoms with van der Waals surface area (Å²) in [6, 6.07) is 6.28. The lowest BCUT2D eigenvalue weighted by molar-refractivity contribution is -0.153. The van der Waals surface area contributed by atoms with Gasteiger partial charge in [-0.3, -0.25) is 14.4 Å². The Morgan fingerprint density at radius 2 is 1.57 bits per heavy atom. The summed E-state index contributed by atoms with van der Waals surface area (Å²) in [6.07, 6.45) is -1.60. The Morgan fingerprint density at radius 1 is 0.946 bits per heavy atom. The van der Waals surface area contributed by atoms with Crippen LogP contribution in [0.3, 0.4) is 0 Å². The van der Waals surface area contributed by atoms with Gasteiger partial charge in [-0.05, 0) is 32.3 Å². The van der Waals surface area contributed by atoms with Gasteiger partial charge in [-0.25, -0.2) is 14.4 Å². The summed E-state index contributed by atoms with van der Waals surface area (Å²) < 4.78 is 14.7.